The van der Waals surface area contributed by atoms with Crippen molar-refractivity contribution in [3.63, 3.8) is 0 Å². The van der Waals surface area contributed by atoms with Crippen LogP contribution in [0.25, 0.3) is 77.0 Å². The van der Waals surface area contributed by atoms with Crippen molar-refractivity contribution in [2.45, 2.75) is 0 Å². The summed E-state index contributed by atoms with van der Waals surface area (Å²) in [6, 6.07) is 60.0. The van der Waals surface area contributed by atoms with Crippen LogP contribution in [0.4, 0.5) is 0 Å². The summed E-state index contributed by atoms with van der Waals surface area (Å²) in [5.41, 5.74) is 12.3. The van der Waals surface area contributed by atoms with Crippen LogP contribution in [0.5, 0.6) is 0 Å². The van der Waals surface area contributed by atoms with Gasteiger partial charge in [-0.15, -0.1) is 0 Å². The zero-order valence-corrected chi connectivity index (χ0v) is 24.2. The first-order valence-electron chi connectivity index (χ1n) is 15.0. The van der Waals surface area contributed by atoms with Gasteiger partial charge in [-0.05, 0) is 75.8 Å². The number of aromatic amines is 2. The highest BCUT2D eigenvalue weighted by Crippen LogP contribution is 2.33. The molecule has 0 aliphatic carbocycles. The molecule has 208 valence electrons. The summed E-state index contributed by atoms with van der Waals surface area (Å²) in [7, 11) is 0. The summed E-state index contributed by atoms with van der Waals surface area (Å²) in [5.74, 6) is 0. The fraction of sp³-hybridized carbons (Fsp3) is 0. The maximum absolute atomic E-state index is 3.54. The standard InChI is InChI=1S/C24H17N.C18H13N/c1-3-7-17(8-4-1)19-11-13-23-21(15-19)22-16-20(12-14-24(22)25-23)18-9-5-2-6-10-18;1-2-6-13(7-3-1)14-10-11-18-16(12-14)15-8-4-5-9-17(15)19-18/h1-16,25H;1-12,19H. The third-order valence-electron chi connectivity index (χ3n) is 8.43. The SMILES string of the molecule is c1ccc(-c2ccc3[nH]c4ccc(-c5ccccc5)cc4c3c2)cc1.c1ccc(-c2ccc3[nH]c4ccccc4c3c2)cc1. The molecule has 0 fully saturated rings. The van der Waals surface area contributed by atoms with Crippen molar-refractivity contribution < 1.29 is 0 Å². The van der Waals surface area contributed by atoms with Gasteiger partial charge in [0.25, 0.3) is 0 Å². The van der Waals surface area contributed by atoms with E-state index in [1.807, 2.05) is 6.07 Å². The minimum atomic E-state index is 1.18. The highest BCUT2D eigenvalue weighted by atomic mass is 14.7. The molecule has 0 aliphatic heterocycles. The van der Waals surface area contributed by atoms with E-state index in [1.54, 1.807) is 0 Å². The second-order valence-corrected chi connectivity index (χ2v) is 11.2. The molecule has 0 spiro atoms. The van der Waals surface area contributed by atoms with E-state index in [4.69, 9.17) is 0 Å². The molecule has 0 amide bonds. The second kappa shape index (κ2) is 11.1. The summed E-state index contributed by atoms with van der Waals surface area (Å²) < 4.78 is 0. The van der Waals surface area contributed by atoms with Crippen LogP contribution >= 0.6 is 0 Å². The van der Waals surface area contributed by atoms with Crippen LogP contribution in [0.15, 0.2) is 170 Å². The number of fused-ring (bicyclic) bond motifs is 6. The lowest BCUT2D eigenvalue weighted by molar-refractivity contribution is 1.54. The number of benzene rings is 7. The molecule has 0 radical (unpaired) electrons. The molecule has 2 N–H and O–H groups in total. The summed E-state index contributed by atoms with van der Waals surface area (Å²) in [4.78, 5) is 6.99. The van der Waals surface area contributed by atoms with Crippen molar-refractivity contribution in [2.75, 3.05) is 0 Å². The van der Waals surface area contributed by atoms with E-state index in [0.29, 0.717) is 0 Å². The Balaban J connectivity index is 0.000000136. The Hall–Kier alpha value is -5.86. The molecule has 0 saturated heterocycles. The largest absolute Gasteiger partial charge is 0.355 e. The first-order valence-corrected chi connectivity index (χ1v) is 15.0. The molecule has 9 aromatic rings. The third kappa shape index (κ3) is 4.83. The fourth-order valence-corrected chi connectivity index (χ4v) is 6.18. The summed E-state index contributed by atoms with van der Waals surface area (Å²) in [6.07, 6.45) is 0. The van der Waals surface area contributed by atoms with Gasteiger partial charge in [-0.2, -0.15) is 0 Å². The quantitative estimate of drug-likeness (QED) is 0.215. The molecule has 2 aromatic heterocycles. The van der Waals surface area contributed by atoms with Crippen molar-refractivity contribution in [3.05, 3.63) is 170 Å². The van der Waals surface area contributed by atoms with E-state index in [2.05, 4.69) is 174 Å². The maximum atomic E-state index is 3.54. The van der Waals surface area contributed by atoms with Crippen LogP contribution in [0, 0.1) is 0 Å². The first kappa shape index (κ1) is 25.8. The number of H-pyrrole nitrogens is 2. The highest BCUT2D eigenvalue weighted by molar-refractivity contribution is 6.10. The average molecular weight is 563 g/mol. The van der Waals surface area contributed by atoms with E-state index >= 15 is 0 Å². The van der Waals surface area contributed by atoms with Crippen molar-refractivity contribution in [3.8, 4) is 33.4 Å². The van der Waals surface area contributed by atoms with Gasteiger partial charge < -0.3 is 9.97 Å². The van der Waals surface area contributed by atoms with Crippen LogP contribution < -0.4 is 0 Å². The van der Waals surface area contributed by atoms with Gasteiger partial charge >= 0.3 is 0 Å². The van der Waals surface area contributed by atoms with Crippen LogP contribution in [-0.2, 0) is 0 Å². The molecule has 0 atom stereocenters. The Kier molecular flexibility index (Phi) is 6.51. The van der Waals surface area contributed by atoms with Crippen molar-refractivity contribution in [2.24, 2.45) is 0 Å². The number of hydrogen-bond acceptors (Lipinski definition) is 0. The zero-order valence-electron chi connectivity index (χ0n) is 24.2. The normalized spacial score (nSPS) is 11.2. The predicted octanol–water partition coefficient (Wildman–Crippen LogP) is 11.6. The number of aromatic nitrogens is 2. The topological polar surface area (TPSA) is 31.6 Å². The van der Waals surface area contributed by atoms with E-state index < -0.39 is 0 Å². The minimum absolute atomic E-state index is 1.18. The molecule has 0 saturated carbocycles. The van der Waals surface area contributed by atoms with Gasteiger partial charge in [-0.1, -0.05) is 127 Å². The van der Waals surface area contributed by atoms with Crippen molar-refractivity contribution in [1.29, 1.82) is 0 Å². The Morgan fingerprint density at radius 3 is 0.955 bits per heavy atom. The van der Waals surface area contributed by atoms with E-state index in [0.717, 1.165) is 0 Å². The Morgan fingerprint density at radius 1 is 0.227 bits per heavy atom. The number of hydrogen-bond donors (Lipinski definition) is 2. The maximum Gasteiger partial charge on any atom is 0.0465 e. The molecule has 0 unspecified atom stereocenters. The second-order valence-electron chi connectivity index (χ2n) is 11.2. The smallest absolute Gasteiger partial charge is 0.0465 e. The minimum Gasteiger partial charge on any atom is -0.355 e. The lowest BCUT2D eigenvalue weighted by Crippen LogP contribution is -1.78. The van der Waals surface area contributed by atoms with Crippen LogP contribution in [0.1, 0.15) is 0 Å². The third-order valence-corrected chi connectivity index (χ3v) is 8.43. The Bertz CT molecular complexity index is 2270. The Labute approximate surface area is 256 Å². The van der Waals surface area contributed by atoms with Gasteiger partial charge in [0, 0.05) is 43.6 Å². The van der Waals surface area contributed by atoms with Crippen LogP contribution in [-0.4, -0.2) is 9.97 Å². The molecule has 0 aliphatic rings. The molecule has 2 heterocycles. The predicted molar refractivity (Wildman–Crippen MR) is 188 cm³/mol. The number of rotatable bonds is 3. The molecule has 7 aromatic carbocycles. The molecule has 2 heteroatoms. The first-order chi connectivity index (χ1) is 21.8. The van der Waals surface area contributed by atoms with Crippen molar-refractivity contribution >= 4 is 43.6 Å². The van der Waals surface area contributed by atoms with Crippen LogP contribution in [0.2, 0.25) is 0 Å². The van der Waals surface area contributed by atoms with Gasteiger partial charge in [-0.25, -0.2) is 0 Å². The van der Waals surface area contributed by atoms with Gasteiger partial charge in [0.1, 0.15) is 0 Å². The highest BCUT2D eigenvalue weighted by Gasteiger charge is 2.08. The molecule has 0 bridgehead atoms. The summed E-state index contributed by atoms with van der Waals surface area (Å²) in [6.45, 7) is 0. The average Bonchev–Trinajstić information content (AvgIpc) is 3.67. The number of nitrogens with one attached hydrogen (secondary N) is 2. The van der Waals surface area contributed by atoms with Gasteiger partial charge in [0.05, 0.1) is 0 Å². The van der Waals surface area contributed by atoms with E-state index in [-0.39, 0.29) is 0 Å². The summed E-state index contributed by atoms with van der Waals surface area (Å²) >= 11 is 0. The van der Waals surface area contributed by atoms with Gasteiger partial charge in [-0.3, -0.25) is 0 Å². The molecule has 9 rings (SSSR count). The molecular weight excluding hydrogens is 532 g/mol. The van der Waals surface area contributed by atoms with Crippen LogP contribution in [0.3, 0.4) is 0 Å². The molecule has 44 heavy (non-hydrogen) atoms. The summed E-state index contributed by atoms with van der Waals surface area (Å²) in [5, 5.41) is 5.12. The lowest BCUT2D eigenvalue weighted by Gasteiger charge is -2.03. The van der Waals surface area contributed by atoms with E-state index in [1.165, 1.54) is 77.0 Å². The molecular formula is C42H30N2. The van der Waals surface area contributed by atoms with Crippen molar-refractivity contribution in [1.82, 2.24) is 9.97 Å². The molecule has 2 nitrogen and oxygen atoms in total. The zero-order chi connectivity index (χ0) is 29.3. The van der Waals surface area contributed by atoms with Gasteiger partial charge in [0.2, 0.25) is 0 Å². The monoisotopic (exact) mass is 562 g/mol. The van der Waals surface area contributed by atoms with Gasteiger partial charge in [0.15, 0.2) is 0 Å². The lowest BCUT2D eigenvalue weighted by atomic mass is 10.0. The number of para-hydroxylation sites is 1. The fourth-order valence-electron chi connectivity index (χ4n) is 6.18. The Morgan fingerprint density at radius 2 is 0.545 bits per heavy atom. The van der Waals surface area contributed by atoms with E-state index in [9.17, 15) is 0 Å².